The maximum absolute atomic E-state index is 12.4. The number of hydrogen-bond donors (Lipinski definition) is 1. The molecule has 5 nitrogen and oxygen atoms in total. The minimum Gasteiger partial charge on any atom is -0.433 e. The molecule has 2 rings (SSSR count). The van der Waals surface area contributed by atoms with E-state index in [9.17, 15) is 8.78 Å². The summed E-state index contributed by atoms with van der Waals surface area (Å²) >= 11 is 5.85. The van der Waals surface area contributed by atoms with Crippen molar-refractivity contribution < 1.29 is 13.5 Å². The van der Waals surface area contributed by atoms with Crippen LogP contribution in [-0.4, -0.2) is 22.6 Å². The molecule has 0 saturated carbocycles. The van der Waals surface area contributed by atoms with Gasteiger partial charge in [0.15, 0.2) is 0 Å². The van der Waals surface area contributed by atoms with Gasteiger partial charge in [0.2, 0.25) is 0 Å². The van der Waals surface area contributed by atoms with Gasteiger partial charge < -0.3 is 4.74 Å². The molecule has 2 aromatic rings. The van der Waals surface area contributed by atoms with E-state index >= 15 is 0 Å². The molecule has 0 aliphatic heterocycles. The second-order valence-corrected chi connectivity index (χ2v) is 5.21. The lowest BCUT2D eigenvalue weighted by Crippen LogP contribution is -2.02. The van der Waals surface area contributed by atoms with Gasteiger partial charge in [-0.15, -0.1) is 0 Å². The number of nitrogens with one attached hydrogen (secondary N) is 1. The summed E-state index contributed by atoms with van der Waals surface area (Å²) in [5.41, 5.74) is 4.14. The van der Waals surface area contributed by atoms with Gasteiger partial charge in [-0.2, -0.15) is 19.0 Å². The highest BCUT2D eigenvalue weighted by atomic mass is 35.5. The summed E-state index contributed by atoms with van der Waals surface area (Å²) in [7, 11) is 0. The molecule has 1 aromatic carbocycles. The fourth-order valence-corrected chi connectivity index (χ4v) is 2.18. The van der Waals surface area contributed by atoms with Crippen molar-refractivity contribution in [1.29, 1.82) is 0 Å². The Kier molecular flexibility index (Phi) is 6.74. The van der Waals surface area contributed by atoms with Gasteiger partial charge in [-0.25, -0.2) is 0 Å². The number of unbranched alkanes of at least 4 members (excludes halogenated alkanes) is 1. The van der Waals surface area contributed by atoms with Crippen molar-refractivity contribution >= 4 is 17.8 Å². The molecule has 0 atom stereocenters. The zero-order valence-electron chi connectivity index (χ0n) is 12.8. The quantitative estimate of drug-likeness (QED) is 0.415. The van der Waals surface area contributed by atoms with Crippen molar-refractivity contribution in [2.75, 3.05) is 0 Å². The number of nitrogens with zero attached hydrogens (tertiary/aromatic N) is 3. The molecule has 0 radical (unpaired) electrons. The Morgan fingerprint density at radius 1 is 1.42 bits per heavy atom. The molecule has 8 heteroatoms. The third-order valence-electron chi connectivity index (χ3n) is 3.09. The van der Waals surface area contributed by atoms with Crippen molar-refractivity contribution in [1.82, 2.24) is 15.2 Å². The molecule has 0 unspecified atom stereocenters. The smallest absolute Gasteiger partial charge is 0.387 e. The first kappa shape index (κ1) is 17.9. The minimum atomic E-state index is -2.92. The molecule has 1 N–H and O–H groups in total. The van der Waals surface area contributed by atoms with Crippen LogP contribution in [0.3, 0.4) is 0 Å². The van der Waals surface area contributed by atoms with Gasteiger partial charge >= 0.3 is 6.61 Å². The highest BCUT2D eigenvalue weighted by Gasteiger charge is 2.11. The van der Waals surface area contributed by atoms with E-state index < -0.39 is 6.61 Å². The number of alkyl halides is 2. The Morgan fingerprint density at radius 2 is 2.25 bits per heavy atom. The van der Waals surface area contributed by atoms with E-state index in [1.54, 1.807) is 23.2 Å². The van der Waals surface area contributed by atoms with Crippen molar-refractivity contribution in [2.45, 2.75) is 26.0 Å². The largest absolute Gasteiger partial charge is 0.433 e. The summed E-state index contributed by atoms with van der Waals surface area (Å²) in [5.74, 6) is -0.0529. The number of aromatic nitrogens is 2. The lowest BCUT2D eigenvalue weighted by molar-refractivity contribution is -0.0497. The van der Waals surface area contributed by atoms with Crippen LogP contribution in [0, 0.1) is 0 Å². The molecule has 0 saturated heterocycles. The van der Waals surface area contributed by atoms with E-state index in [1.165, 1.54) is 18.3 Å². The van der Waals surface area contributed by atoms with Crippen LogP contribution in [0.2, 0.25) is 5.02 Å². The van der Waals surface area contributed by atoms with Gasteiger partial charge in [-0.1, -0.05) is 24.2 Å². The van der Waals surface area contributed by atoms with Gasteiger partial charge in [0.1, 0.15) is 5.75 Å². The predicted octanol–water partition coefficient (Wildman–Crippen LogP) is 4.30. The number of benzene rings is 1. The average Bonchev–Trinajstić information content (AvgIpc) is 3.01. The lowest BCUT2D eigenvalue weighted by Gasteiger charge is -2.08. The van der Waals surface area contributed by atoms with E-state index in [1.807, 2.05) is 6.20 Å². The number of rotatable bonds is 9. The van der Waals surface area contributed by atoms with Gasteiger partial charge in [0, 0.05) is 30.7 Å². The summed E-state index contributed by atoms with van der Waals surface area (Å²) in [6.45, 7) is 1.28. The van der Waals surface area contributed by atoms with Crippen LogP contribution in [-0.2, 0) is 6.54 Å². The van der Waals surface area contributed by atoms with Crippen molar-refractivity contribution in [3.8, 4) is 16.9 Å². The molecule has 0 aliphatic rings. The first-order chi connectivity index (χ1) is 11.6. The van der Waals surface area contributed by atoms with Crippen LogP contribution in [0.15, 0.2) is 48.5 Å². The molecular weight excluding hydrogens is 338 g/mol. The number of halogens is 3. The predicted molar refractivity (Wildman–Crippen MR) is 90.4 cm³/mol. The van der Waals surface area contributed by atoms with E-state index in [-0.39, 0.29) is 10.8 Å². The lowest BCUT2D eigenvalue weighted by atomic mass is 10.1. The molecule has 128 valence electrons. The maximum Gasteiger partial charge on any atom is 0.387 e. The topological polar surface area (TPSA) is 51.4 Å². The van der Waals surface area contributed by atoms with Crippen LogP contribution in [0.25, 0.3) is 11.1 Å². The van der Waals surface area contributed by atoms with Crippen LogP contribution < -0.4 is 10.2 Å². The monoisotopic (exact) mass is 354 g/mol. The Balaban J connectivity index is 1.98. The molecule has 0 spiro atoms. The first-order valence-electron chi connectivity index (χ1n) is 7.25. The van der Waals surface area contributed by atoms with E-state index in [4.69, 9.17) is 11.6 Å². The summed E-state index contributed by atoms with van der Waals surface area (Å²) < 4.78 is 30.9. The summed E-state index contributed by atoms with van der Waals surface area (Å²) in [5, 5.41) is 8.30. The minimum absolute atomic E-state index is 0.0529. The third kappa shape index (κ3) is 5.34. The van der Waals surface area contributed by atoms with E-state index in [2.05, 4.69) is 26.9 Å². The Bertz CT molecular complexity index is 703. The Morgan fingerprint density at radius 3 is 3.00 bits per heavy atom. The van der Waals surface area contributed by atoms with Crippen LogP contribution in [0.4, 0.5) is 8.78 Å². The van der Waals surface area contributed by atoms with Crippen molar-refractivity contribution in [3.63, 3.8) is 0 Å². The van der Waals surface area contributed by atoms with E-state index in [0.717, 1.165) is 18.4 Å². The molecule has 0 fully saturated rings. The highest BCUT2D eigenvalue weighted by molar-refractivity contribution is 6.32. The fraction of sp³-hybridized carbons (Fsp3) is 0.250. The summed E-state index contributed by atoms with van der Waals surface area (Å²) in [4.78, 5) is 0. The van der Waals surface area contributed by atoms with Gasteiger partial charge in [0.25, 0.3) is 0 Å². The molecule has 0 bridgehead atoms. The molecule has 24 heavy (non-hydrogen) atoms. The molecule has 1 heterocycles. The van der Waals surface area contributed by atoms with E-state index in [0.29, 0.717) is 12.1 Å². The van der Waals surface area contributed by atoms with Crippen LogP contribution >= 0.6 is 11.6 Å². The van der Waals surface area contributed by atoms with Crippen LogP contribution in [0.5, 0.6) is 5.75 Å². The van der Waals surface area contributed by atoms with Gasteiger partial charge in [-0.3, -0.25) is 10.1 Å². The Labute approximate surface area is 143 Å². The highest BCUT2D eigenvalue weighted by Crippen LogP contribution is 2.31. The number of ether oxygens (including phenoxy) is 1. The third-order valence-corrected chi connectivity index (χ3v) is 3.40. The SMILES string of the molecule is C=CN/N=C\CCCn1cc(-c2ccc(Cl)c(OC(F)F)c2)cn1. The zero-order valence-corrected chi connectivity index (χ0v) is 13.6. The second kappa shape index (κ2) is 9.02. The van der Waals surface area contributed by atoms with Gasteiger partial charge in [-0.05, 0) is 30.5 Å². The number of hydrazone groups is 1. The molecular formula is C16H17ClF2N4O. The first-order valence-corrected chi connectivity index (χ1v) is 7.63. The average molecular weight is 355 g/mol. The molecule has 0 amide bonds. The number of aryl methyl sites for hydroxylation is 1. The van der Waals surface area contributed by atoms with Crippen molar-refractivity contribution in [3.05, 3.63) is 48.4 Å². The summed E-state index contributed by atoms with van der Waals surface area (Å²) in [6.07, 6.45) is 8.43. The second-order valence-electron chi connectivity index (χ2n) is 4.80. The molecule has 1 aromatic heterocycles. The van der Waals surface area contributed by atoms with Crippen LogP contribution in [0.1, 0.15) is 12.8 Å². The summed E-state index contributed by atoms with van der Waals surface area (Å²) in [6, 6.07) is 4.73. The molecule has 0 aliphatic carbocycles. The Hall–Kier alpha value is -2.41. The van der Waals surface area contributed by atoms with Gasteiger partial charge in [0.05, 0.1) is 11.2 Å². The fourth-order valence-electron chi connectivity index (χ4n) is 2.02. The zero-order chi connectivity index (χ0) is 17.4. The normalized spacial score (nSPS) is 11.2. The maximum atomic E-state index is 12.4. The van der Waals surface area contributed by atoms with Crippen molar-refractivity contribution in [2.24, 2.45) is 5.10 Å². The standard InChI is InChI=1S/C16H17ClF2N4O/c1-2-20-21-7-3-4-8-23-11-13(10-22-23)12-5-6-14(17)15(9-12)24-16(18)19/h2,5-7,9-11,16,20H,1,3-4,8H2/b21-7-. The number of hydrogen-bond acceptors (Lipinski definition) is 4.